The molecule has 162 valence electrons. The van der Waals surface area contributed by atoms with E-state index >= 15 is 0 Å². The summed E-state index contributed by atoms with van der Waals surface area (Å²) >= 11 is 5.88. The maximum absolute atomic E-state index is 13.2. The Labute approximate surface area is 181 Å². The molecule has 0 aliphatic carbocycles. The number of rotatable bonds is 4. The Morgan fingerprint density at radius 1 is 1.03 bits per heavy atom. The molecule has 2 aromatic carbocycles. The van der Waals surface area contributed by atoms with Crippen molar-refractivity contribution >= 4 is 17.5 Å². The van der Waals surface area contributed by atoms with Crippen LogP contribution in [0.25, 0.3) is 11.4 Å². The third-order valence-corrected chi connectivity index (χ3v) is 5.30. The number of amides is 1. The fourth-order valence-electron chi connectivity index (χ4n) is 3.42. The molecular formula is C21H18ClF3N4O2. The Hall–Kier alpha value is -2.91. The van der Waals surface area contributed by atoms with Crippen molar-refractivity contribution in [2.45, 2.75) is 12.7 Å². The monoisotopic (exact) mass is 450 g/mol. The maximum Gasteiger partial charge on any atom is 0.417 e. The summed E-state index contributed by atoms with van der Waals surface area (Å²) in [6.07, 6.45) is -4.58. The quantitative estimate of drug-likeness (QED) is 0.590. The van der Waals surface area contributed by atoms with Crippen LogP contribution >= 0.6 is 11.6 Å². The number of aromatic nitrogens is 2. The Kier molecular flexibility index (Phi) is 5.97. The molecule has 1 amide bonds. The van der Waals surface area contributed by atoms with Gasteiger partial charge in [0.15, 0.2) is 0 Å². The predicted molar refractivity (Wildman–Crippen MR) is 107 cm³/mol. The predicted octanol–water partition coefficient (Wildman–Crippen LogP) is 4.37. The summed E-state index contributed by atoms with van der Waals surface area (Å²) in [6.45, 7) is 1.98. The number of nitrogens with zero attached hydrogens (tertiary/aromatic N) is 4. The smallest absolute Gasteiger partial charge is 0.338 e. The Bertz CT molecular complexity index is 1060. The lowest BCUT2D eigenvalue weighted by Gasteiger charge is -2.34. The van der Waals surface area contributed by atoms with Gasteiger partial charge in [-0.3, -0.25) is 9.69 Å². The highest BCUT2D eigenvalue weighted by atomic mass is 35.5. The number of carbonyl (C=O) groups excluding carboxylic acids is 1. The Morgan fingerprint density at radius 2 is 1.71 bits per heavy atom. The molecule has 0 spiro atoms. The molecule has 3 aromatic rings. The molecule has 1 aliphatic rings. The summed E-state index contributed by atoms with van der Waals surface area (Å²) in [6, 6.07) is 11.9. The lowest BCUT2D eigenvalue weighted by Crippen LogP contribution is -2.48. The van der Waals surface area contributed by atoms with E-state index in [4.69, 9.17) is 16.1 Å². The van der Waals surface area contributed by atoms with Crippen molar-refractivity contribution < 1.29 is 22.5 Å². The first kappa shape index (κ1) is 21.3. The van der Waals surface area contributed by atoms with E-state index in [1.54, 1.807) is 24.3 Å². The van der Waals surface area contributed by atoms with E-state index in [1.807, 2.05) is 4.90 Å². The molecule has 10 heteroatoms. The van der Waals surface area contributed by atoms with E-state index in [-0.39, 0.29) is 5.56 Å². The van der Waals surface area contributed by atoms with Gasteiger partial charge in [0.25, 0.3) is 5.91 Å². The largest absolute Gasteiger partial charge is 0.417 e. The molecule has 0 bridgehead atoms. The van der Waals surface area contributed by atoms with Crippen molar-refractivity contribution in [3.05, 3.63) is 70.6 Å². The van der Waals surface area contributed by atoms with Gasteiger partial charge in [0.05, 0.1) is 17.7 Å². The zero-order valence-electron chi connectivity index (χ0n) is 16.3. The van der Waals surface area contributed by atoms with Crippen LogP contribution in [-0.2, 0) is 12.7 Å². The molecule has 1 fully saturated rings. The molecule has 2 heterocycles. The van der Waals surface area contributed by atoms with Crippen LogP contribution in [0.4, 0.5) is 13.2 Å². The second-order valence-electron chi connectivity index (χ2n) is 7.13. The number of hydrogen-bond donors (Lipinski definition) is 0. The minimum absolute atomic E-state index is 0.309. The number of carbonyl (C=O) groups is 1. The van der Waals surface area contributed by atoms with E-state index < -0.39 is 17.6 Å². The van der Waals surface area contributed by atoms with Gasteiger partial charge >= 0.3 is 6.18 Å². The number of benzene rings is 2. The molecule has 0 radical (unpaired) electrons. The molecule has 0 atom stereocenters. The maximum atomic E-state index is 13.2. The van der Waals surface area contributed by atoms with E-state index in [0.717, 1.165) is 11.6 Å². The van der Waals surface area contributed by atoms with Gasteiger partial charge in [0.1, 0.15) is 0 Å². The van der Waals surface area contributed by atoms with E-state index in [0.29, 0.717) is 49.5 Å². The van der Waals surface area contributed by atoms with Gasteiger partial charge in [-0.25, -0.2) is 0 Å². The van der Waals surface area contributed by atoms with Crippen molar-refractivity contribution in [2.75, 3.05) is 26.2 Å². The zero-order chi connectivity index (χ0) is 22.0. The van der Waals surface area contributed by atoms with Crippen LogP contribution in [0, 0.1) is 0 Å². The van der Waals surface area contributed by atoms with Crippen LogP contribution < -0.4 is 0 Å². The minimum atomic E-state index is -4.58. The molecule has 1 aromatic heterocycles. The normalized spacial score (nSPS) is 15.3. The minimum Gasteiger partial charge on any atom is -0.338 e. The first-order valence-electron chi connectivity index (χ1n) is 9.57. The summed E-state index contributed by atoms with van der Waals surface area (Å²) in [7, 11) is 0. The highest BCUT2D eigenvalue weighted by Gasteiger charge is 2.36. The molecule has 0 unspecified atom stereocenters. The average molecular weight is 451 g/mol. The second kappa shape index (κ2) is 8.68. The molecular weight excluding hydrogens is 433 g/mol. The molecule has 1 saturated heterocycles. The lowest BCUT2D eigenvalue weighted by molar-refractivity contribution is -0.138. The number of alkyl halides is 3. The summed E-state index contributed by atoms with van der Waals surface area (Å²) in [4.78, 5) is 20.5. The van der Waals surface area contributed by atoms with Crippen LogP contribution in [0.3, 0.4) is 0 Å². The van der Waals surface area contributed by atoms with Crippen molar-refractivity contribution in [1.29, 1.82) is 0 Å². The van der Waals surface area contributed by atoms with Gasteiger partial charge < -0.3 is 9.42 Å². The van der Waals surface area contributed by atoms with Gasteiger partial charge in [-0.05, 0) is 36.4 Å². The van der Waals surface area contributed by atoms with Gasteiger partial charge in [-0.15, -0.1) is 0 Å². The number of halogens is 4. The standard InChI is InChI=1S/C21H18ClF3N4O2/c22-15-7-5-14(6-8-15)19-26-18(31-27-19)13-28-9-11-29(12-10-28)20(30)16-3-1-2-4-17(16)21(23,24)25/h1-8H,9-13H2. The van der Waals surface area contributed by atoms with Crippen molar-refractivity contribution in [3.8, 4) is 11.4 Å². The van der Waals surface area contributed by atoms with Gasteiger partial charge in [0, 0.05) is 36.8 Å². The van der Waals surface area contributed by atoms with Crippen molar-refractivity contribution in [3.63, 3.8) is 0 Å². The van der Waals surface area contributed by atoms with Gasteiger partial charge in [-0.1, -0.05) is 28.9 Å². The molecule has 0 saturated carbocycles. The lowest BCUT2D eigenvalue weighted by atomic mass is 10.1. The molecule has 31 heavy (non-hydrogen) atoms. The first-order chi connectivity index (χ1) is 14.8. The van der Waals surface area contributed by atoms with E-state index in [1.165, 1.54) is 23.1 Å². The average Bonchev–Trinajstić information content (AvgIpc) is 3.22. The Morgan fingerprint density at radius 3 is 2.39 bits per heavy atom. The summed E-state index contributed by atoms with van der Waals surface area (Å²) in [5.74, 6) is 0.256. The molecule has 0 N–H and O–H groups in total. The van der Waals surface area contributed by atoms with E-state index in [9.17, 15) is 18.0 Å². The molecule has 4 rings (SSSR count). The summed E-state index contributed by atoms with van der Waals surface area (Å²) < 4.78 is 45.0. The van der Waals surface area contributed by atoms with E-state index in [2.05, 4.69) is 10.1 Å². The number of hydrogen-bond acceptors (Lipinski definition) is 5. The van der Waals surface area contributed by atoms with Crippen LogP contribution in [0.1, 0.15) is 21.8 Å². The highest BCUT2D eigenvalue weighted by molar-refractivity contribution is 6.30. The van der Waals surface area contributed by atoms with Gasteiger partial charge in [0.2, 0.25) is 11.7 Å². The summed E-state index contributed by atoms with van der Waals surface area (Å²) in [5.41, 5.74) is -0.464. The van der Waals surface area contributed by atoms with Crippen LogP contribution in [0.5, 0.6) is 0 Å². The highest BCUT2D eigenvalue weighted by Crippen LogP contribution is 2.32. The Balaban J connectivity index is 1.37. The topological polar surface area (TPSA) is 62.5 Å². The first-order valence-corrected chi connectivity index (χ1v) is 9.95. The van der Waals surface area contributed by atoms with Crippen LogP contribution in [-0.4, -0.2) is 52.0 Å². The fourth-order valence-corrected chi connectivity index (χ4v) is 3.55. The molecule has 6 nitrogen and oxygen atoms in total. The fraction of sp³-hybridized carbons (Fsp3) is 0.286. The second-order valence-corrected chi connectivity index (χ2v) is 7.57. The third kappa shape index (κ3) is 4.88. The summed E-state index contributed by atoms with van der Waals surface area (Å²) in [5, 5.41) is 4.58. The van der Waals surface area contributed by atoms with Crippen molar-refractivity contribution in [2.24, 2.45) is 0 Å². The van der Waals surface area contributed by atoms with Crippen molar-refractivity contribution in [1.82, 2.24) is 19.9 Å². The zero-order valence-corrected chi connectivity index (χ0v) is 17.0. The third-order valence-electron chi connectivity index (χ3n) is 5.05. The SMILES string of the molecule is O=C(c1ccccc1C(F)(F)F)N1CCN(Cc2nc(-c3ccc(Cl)cc3)no2)CC1. The number of piperazine rings is 1. The molecule has 1 aliphatic heterocycles. The van der Waals surface area contributed by atoms with Crippen LogP contribution in [0.2, 0.25) is 5.02 Å². The van der Waals surface area contributed by atoms with Gasteiger partial charge in [-0.2, -0.15) is 18.2 Å². The van der Waals surface area contributed by atoms with Crippen LogP contribution in [0.15, 0.2) is 53.1 Å².